The summed E-state index contributed by atoms with van der Waals surface area (Å²) >= 11 is 0. The van der Waals surface area contributed by atoms with E-state index in [2.05, 4.69) is 22.4 Å². The van der Waals surface area contributed by atoms with Crippen LogP contribution in [-0.4, -0.2) is 49.2 Å². The minimum Gasteiger partial charge on any atom is -0.409 e. The van der Waals surface area contributed by atoms with E-state index in [4.69, 9.17) is 10.9 Å². The van der Waals surface area contributed by atoms with Gasteiger partial charge in [-0.1, -0.05) is 5.16 Å². The van der Waals surface area contributed by atoms with Crippen LogP contribution in [0.1, 0.15) is 32.1 Å². The number of nitrogens with two attached hydrogens (primary N) is 1. The van der Waals surface area contributed by atoms with Gasteiger partial charge in [0, 0.05) is 6.42 Å². The van der Waals surface area contributed by atoms with E-state index in [9.17, 15) is 0 Å². The molecule has 1 fully saturated rings. The van der Waals surface area contributed by atoms with E-state index in [0.29, 0.717) is 12.3 Å². The number of hydrogen-bond donors (Lipinski definition) is 3. The number of oxime groups is 1. The molecule has 1 aliphatic rings. The molecule has 1 rings (SSSR count). The third-order valence-electron chi connectivity index (χ3n) is 3.48. The molecule has 100 valence electrons. The first-order valence-electron chi connectivity index (χ1n) is 6.58. The van der Waals surface area contributed by atoms with Gasteiger partial charge in [0.15, 0.2) is 0 Å². The molecule has 0 aromatic rings. The van der Waals surface area contributed by atoms with Gasteiger partial charge in [0.2, 0.25) is 0 Å². The van der Waals surface area contributed by atoms with Crippen LogP contribution in [0, 0.1) is 5.92 Å². The van der Waals surface area contributed by atoms with Crippen LogP contribution in [0.25, 0.3) is 0 Å². The first-order valence-corrected chi connectivity index (χ1v) is 6.58. The monoisotopic (exact) mass is 242 g/mol. The summed E-state index contributed by atoms with van der Waals surface area (Å²) in [7, 11) is 2.20. The molecular weight excluding hydrogens is 216 g/mol. The van der Waals surface area contributed by atoms with Crippen LogP contribution >= 0.6 is 0 Å². The Morgan fingerprint density at radius 2 is 2.12 bits per heavy atom. The molecular formula is C12H26N4O. The summed E-state index contributed by atoms with van der Waals surface area (Å²) in [6.07, 6.45) is 5.54. The average Bonchev–Trinajstić information content (AvgIpc) is 2.35. The second-order valence-electron chi connectivity index (χ2n) is 4.98. The highest BCUT2D eigenvalue weighted by Gasteiger charge is 2.15. The fraction of sp³-hybridized carbons (Fsp3) is 0.917. The van der Waals surface area contributed by atoms with Crippen molar-refractivity contribution in [3.8, 4) is 0 Å². The molecule has 0 saturated carbocycles. The summed E-state index contributed by atoms with van der Waals surface area (Å²) in [5.74, 6) is 1.21. The van der Waals surface area contributed by atoms with Crippen molar-refractivity contribution in [1.29, 1.82) is 0 Å². The zero-order valence-electron chi connectivity index (χ0n) is 10.9. The lowest BCUT2D eigenvalue weighted by atomic mass is 9.94. The number of piperidine rings is 1. The van der Waals surface area contributed by atoms with Gasteiger partial charge in [-0.15, -0.1) is 0 Å². The number of hydrogen-bond acceptors (Lipinski definition) is 4. The maximum absolute atomic E-state index is 8.37. The molecule has 0 bridgehead atoms. The zero-order chi connectivity index (χ0) is 12.5. The number of nitrogens with one attached hydrogen (secondary N) is 1. The van der Waals surface area contributed by atoms with Gasteiger partial charge in [-0.2, -0.15) is 0 Å². The molecule has 5 heteroatoms. The van der Waals surface area contributed by atoms with Gasteiger partial charge < -0.3 is 21.2 Å². The summed E-state index contributed by atoms with van der Waals surface area (Å²) in [5, 5.41) is 14.7. The second kappa shape index (κ2) is 8.31. The van der Waals surface area contributed by atoms with Crippen molar-refractivity contribution in [2.24, 2.45) is 16.8 Å². The van der Waals surface area contributed by atoms with Crippen molar-refractivity contribution < 1.29 is 5.21 Å². The molecule has 0 aliphatic carbocycles. The molecule has 0 atom stereocenters. The third kappa shape index (κ3) is 6.48. The largest absolute Gasteiger partial charge is 0.409 e. The number of rotatable bonds is 7. The standard InChI is InChI=1S/C12H26N4O/c1-16-9-5-11(6-10-16)4-8-14-7-2-3-12(13)15-17/h11,14,17H,2-10H2,1H3,(H2,13,15). The lowest BCUT2D eigenvalue weighted by Crippen LogP contribution is -2.31. The van der Waals surface area contributed by atoms with Crippen LogP contribution in [0.15, 0.2) is 5.16 Å². The normalized spacial score (nSPS) is 19.7. The maximum Gasteiger partial charge on any atom is 0.139 e. The van der Waals surface area contributed by atoms with Crippen molar-refractivity contribution in [3.05, 3.63) is 0 Å². The van der Waals surface area contributed by atoms with Crippen LogP contribution in [0.3, 0.4) is 0 Å². The van der Waals surface area contributed by atoms with E-state index in [1.165, 1.54) is 32.4 Å². The Balaban J connectivity index is 1.90. The topological polar surface area (TPSA) is 73.9 Å². The maximum atomic E-state index is 8.37. The highest BCUT2D eigenvalue weighted by Crippen LogP contribution is 2.18. The lowest BCUT2D eigenvalue weighted by molar-refractivity contribution is 0.211. The van der Waals surface area contributed by atoms with Gasteiger partial charge in [0.25, 0.3) is 0 Å². The molecule has 1 saturated heterocycles. The van der Waals surface area contributed by atoms with Gasteiger partial charge in [-0.05, 0) is 64.8 Å². The highest BCUT2D eigenvalue weighted by molar-refractivity contribution is 5.79. The smallest absolute Gasteiger partial charge is 0.139 e. The number of amidine groups is 1. The Morgan fingerprint density at radius 1 is 1.41 bits per heavy atom. The Bertz CT molecular complexity index is 225. The van der Waals surface area contributed by atoms with Crippen LogP contribution < -0.4 is 11.1 Å². The van der Waals surface area contributed by atoms with E-state index < -0.39 is 0 Å². The Hall–Kier alpha value is -0.810. The highest BCUT2D eigenvalue weighted by atomic mass is 16.4. The minimum absolute atomic E-state index is 0.321. The summed E-state index contributed by atoms with van der Waals surface area (Å²) in [4.78, 5) is 2.40. The van der Waals surface area contributed by atoms with Gasteiger partial charge in [0.05, 0.1) is 0 Å². The Kier molecular flexibility index (Phi) is 6.96. The van der Waals surface area contributed by atoms with Crippen molar-refractivity contribution in [3.63, 3.8) is 0 Å². The number of likely N-dealkylation sites (tertiary alicyclic amines) is 1. The molecule has 17 heavy (non-hydrogen) atoms. The van der Waals surface area contributed by atoms with E-state index in [-0.39, 0.29) is 0 Å². The van der Waals surface area contributed by atoms with Crippen molar-refractivity contribution in [2.75, 3.05) is 33.2 Å². The quantitative estimate of drug-likeness (QED) is 0.203. The molecule has 5 nitrogen and oxygen atoms in total. The Morgan fingerprint density at radius 3 is 2.76 bits per heavy atom. The predicted octanol–water partition coefficient (Wildman–Crippen LogP) is 0.835. The fourth-order valence-corrected chi connectivity index (χ4v) is 2.23. The van der Waals surface area contributed by atoms with E-state index in [0.717, 1.165) is 25.4 Å². The summed E-state index contributed by atoms with van der Waals surface area (Å²) in [5.41, 5.74) is 5.39. The van der Waals surface area contributed by atoms with Crippen molar-refractivity contribution in [1.82, 2.24) is 10.2 Å². The number of nitrogens with zero attached hydrogens (tertiary/aromatic N) is 2. The molecule has 0 unspecified atom stereocenters. The SMILES string of the molecule is CN1CCC(CCNCCCC(N)=NO)CC1. The average molecular weight is 242 g/mol. The van der Waals surface area contributed by atoms with Gasteiger partial charge in [-0.3, -0.25) is 0 Å². The van der Waals surface area contributed by atoms with Crippen LogP contribution in [0.2, 0.25) is 0 Å². The molecule has 0 aromatic carbocycles. The molecule has 1 heterocycles. The zero-order valence-corrected chi connectivity index (χ0v) is 10.9. The molecule has 4 N–H and O–H groups in total. The third-order valence-corrected chi connectivity index (χ3v) is 3.48. The van der Waals surface area contributed by atoms with Gasteiger partial charge >= 0.3 is 0 Å². The molecule has 0 aromatic heterocycles. The predicted molar refractivity (Wildman–Crippen MR) is 70.4 cm³/mol. The lowest BCUT2D eigenvalue weighted by Gasteiger charge is -2.28. The molecule has 1 aliphatic heterocycles. The van der Waals surface area contributed by atoms with Crippen LogP contribution in [-0.2, 0) is 0 Å². The van der Waals surface area contributed by atoms with Crippen LogP contribution in [0.5, 0.6) is 0 Å². The summed E-state index contributed by atoms with van der Waals surface area (Å²) in [6, 6.07) is 0. The molecule has 0 amide bonds. The van der Waals surface area contributed by atoms with Crippen molar-refractivity contribution >= 4 is 5.84 Å². The summed E-state index contributed by atoms with van der Waals surface area (Å²) in [6.45, 7) is 4.52. The summed E-state index contributed by atoms with van der Waals surface area (Å²) < 4.78 is 0. The Labute approximate surface area is 104 Å². The molecule has 0 radical (unpaired) electrons. The van der Waals surface area contributed by atoms with Crippen LogP contribution in [0.4, 0.5) is 0 Å². The van der Waals surface area contributed by atoms with Gasteiger partial charge in [-0.25, -0.2) is 0 Å². The first kappa shape index (κ1) is 14.3. The van der Waals surface area contributed by atoms with Crippen molar-refractivity contribution in [2.45, 2.75) is 32.1 Å². The fourth-order valence-electron chi connectivity index (χ4n) is 2.23. The van der Waals surface area contributed by atoms with E-state index in [1.54, 1.807) is 0 Å². The minimum atomic E-state index is 0.321. The second-order valence-corrected chi connectivity index (χ2v) is 4.98. The first-order chi connectivity index (χ1) is 8.22. The van der Waals surface area contributed by atoms with Gasteiger partial charge in [0.1, 0.15) is 5.84 Å². The van der Waals surface area contributed by atoms with E-state index >= 15 is 0 Å². The van der Waals surface area contributed by atoms with E-state index in [1.807, 2.05) is 0 Å². The molecule has 0 spiro atoms.